The Morgan fingerprint density at radius 2 is 2.00 bits per heavy atom. The molecular weight excluding hydrogens is 376 g/mol. The molecule has 0 radical (unpaired) electrons. The lowest BCUT2D eigenvalue weighted by Gasteiger charge is -2.13. The Kier molecular flexibility index (Phi) is 4.82. The van der Waals surface area contributed by atoms with E-state index < -0.39 is 22.0 Å². The van der Waals surface area contributed by atoms with Crippen LogP contribution in [0.15, 0.2) is 27.6 Å². The van der Waals surface area contributed by atoms with Gasteiger partial charge in [0.15, 0.2) is 10.9 Å². The number of carbonyl (C=O) groups is 1. The van der Waals surface area contributed by atoms with Crippen molar-refractivity contribution in [3.63, 3.8) is 0 Å². The number of nitrogens with one attached hydrogen (secondary N) is 2. The maximum Gasteiger partial charge on any atom is 0.246 e. The Hall–Kier alpha value is -2.30. The number of hydrogen-bond donors (Lipinski definition) is 2. The third-order valence-electron chi connectivity index (χ3n) is 3.74. The van der Waals surface area contributed by atoms with Crippen molar-refractivity contribution in [2.45, 2.75) is 38.6 Å². The molecular formula is C16H18N4O4S2. The van der Waals surface area contributed by atoms with E-state index >= 15 is 0 Å². The van der Waals surface area contributed by atoms with Gasteiger partial charge in [-0.25, -0.2) is 13.4 Å². The highest BCUT2D eigenvalue weighted by molar-refractivity contribution is 7.89. The number of benzene rings is 1. The molecule has 0 fully saturated rings. The van der Waals surface area contributed by atoms with Gasteiger partial charge < -0.3 is 9.84 Å². The Balaban J connectivity index is 1.75. The van der Waals surface area contributed by atoms with E-state index in [1.54, 1.807) is 0 Å². The van der Waals surface area contributed by atoms with Crippen LogP contribution in [0.4, 0.5) is 5.13 Å². The SMILES string of the molecule is Cc1ccc2nc(NC(=O)[C@H](C)NS(=O)(=O)c3c(C)noc3C)sc2c1. The minimum absolute atomic E-state index is 0.0485. The topological polar surface area (TPSA) is 114 Å². The van der Waals surface area contributed by atoms with Gasteiger partial charge >= 0.3 is 0 Å². The molecule has 2 N–H and O–H groups in total. The maximum atomic E-state index is 12.5. The molecule has 0 aliphatic carbocycles. The van der Waals surface area contributed by atoms with Gasteiger partial charge in [-0.3, -0.25) is 4.79 Å². The van der Waals surface area contributed by atoms with Gasteiger partial charge in [-0.2, -0.15) is 4.72 Å². The van der Waals surface area contributed by atoms with Gasteiger partial charge in [-0.15, -0.1) is 0 Å². The number of anilines is 1. The molecule has 0 saturated carbocycles. The summed E-state index contributed by atoms with van der Waals surface area (Å²) in [5.41, 5.74) is 2.11. The fourth-order valence-electron chi connectivity index (χ4n) is 2.50. The Morgan fingerprint density at radius 3 is 2.65 bits per heavy atom. The van der Waals surface area contributed by atoms with E-state index in [-0.39, 0.29) is 16.3 Å². The summed E-state index contributed by atoms with van der Waals surface area (Å²) in [6.07, 6.45) is 0. The molecule has 0 aliphatic heterocycles. The van der Waals surface area contributed by atoms with Gasteiger partial charge in [0.2, 0.25) is 15.9 Å². The summed E-state index contributed by atoms with van der Waals surface area (Å²) in [7, 11) is -3.93. The third kappa shape index (κ3) is 3.62. The lowest BCUT2D eigenvalue weighted by Crippen LogP contribution is -2.41. The van der Waals surface area contributed by atoms with Crippen LogP contribution >= 0.6 is 11.3 Å². The fraction of sp³-hybridized carbons (Fsp3) is 0.312. The standard InChI is InChI=1S/C16H18N4O4S2/c1-8-5-6-12-13(7-8)25-16(17-12)18-15(21)10(3)20-26(22,23)14-9(2)19-24-11(14)4/h5-7,10,20H,1-4H3,(H,17,18,21)/t10-/m0/s1. The van der Waals surface area contributed by atoms with E-state index in [4.69, 9.17) is 4.52 Å². The molecule has 0 bridgehead atoms. The predicted molar refractivity (Wildman–Crippen MR) is 98.7 cm³/mol. The first kappa shape index (κ1) is 18.5. The van der Waals surface area contributed by atoms with Gasteiger partial charge in [-0.1, -0.05) is 22.6 Å². The number of aromatic nitrogens is 2. The van der Waals surface area contributed by atoms with Crippen LogP contribution in [0.5, 0.6) is 0 Å². The van der Waals surface area contributed by atoms with Gasteiger partial charge in [0, 0.05) is 0 Å². The lowest BCUT2D eigenvalue weighted by molar-refractivity contribution is -0.117. The summed E-state index contributed by atoms with van der Waals surface area (Å²) in [5.74, 6) is -0.333. The van der Waals surface area contributed by atoms with Crippen LogP contribution in [-0.4, -0.2) is 30.5 Å². The van der Waals surface area contributed by atoms with Crippen LogP contribution in [0.3, 0.4) is 0 Å². The highest BCUT2D eigenvalue weighted by atomic mass is 32.2. The molecule has 138 valence electrons. The molecule has 26 heavy (non-hydrogen) atoms. The largest absolute Gasteiger partial charge is 0.360 e. The summed E-state index contributed by atoms with van der Waals surface area (Å²) in [6, 6.07) is 4.79. The zero-order valence-corrected chi connectivity index (χ0v) is 16.3. The quantitative estimate of drug-likeness (QED) is 0.687. The number of aryl methyl sites for hydroxylation is 3. The number of nitrogens with zero attached hydrogens (tertiary/aromatic N) is 2. The van der Waals surface area contributed by atoms with Crippen LogP contribution in [-0.2, 0) is 14.8 Å². The molecule has 0 spiro atoms. The summed E-state index contributed by atoms with van der Waals surface area (Å²) in [5, 5.41) is 6.70. The fourth-order valence-corrected chi connectivity index (χ4v) is 5.00. The van der Waals surface area contributed by atoms with Crippen molar-refractivity contribution in [1.82, 2.24) is 14.9 Å². The number of sulfonamides is 1. The maximum absolute atomic E-state index is 12.5. The molecule has 1 amide bonds. The summed E-state index contributed by atoms with van der Waals surface area (Å²) in [4.78, 5) is 16.6. The number of fused-ring (bicyclic) bond motifs is 1. The molecule has 2 heterocycles. The van der Waals surface area contributed by atoms with E-state index in [0.717, 1.165) is 15.8 Å². The molecule has 8 nitrogen and oxygen atoms in total. The van der Waals surface area contributed by atoms with Crippen molar-refractivity contribution in [2.24, 2.45) is 0 Å². The molecule has 0 unspecified atom stereocenters. The third-order valence-corrected chi connectivity index (χ3v) is 6.45. The van der Waals surface area contributed by atoms with Crippen LogP contribution in [0.2, 0.25) is 0 Å². The number of rotatable bonds is 5. The number of carbonyl (C=O) groups excluding carboxylic acids is 1. The second kappa shape index (κ2) is 6.78. The molecule has 2 aromatic heterocycles. The second-order valence-corrected chi connectivity index (χ2v) is 8.66. The lowest BCUT2D eigenvalue weighted by atomic mass is 10.2. The van der Waals surface area contributed by atoms with Crippen molar-refractivity contribution in [1.29, 1.82) is 0 Å². The Bertz CT molecular complexity index is 1070. The van der Waals surface area contributed by atoms with Crippen molar-refractivity contribution in [3.05, 3.63) is 35.2 Å². The first-order valence-corrected chi connectivity index (χ1v) is 10.1. The minimum atomic E-state index is -3.93. The zero-order chi connectivity index (χ0) is 19.1. The summed E-state index contributed by atoms with van der Waals surface area (Å²) in [6.45, 7) is 6.47. The van der Waals surface area contributed by atoms with Crippen molar-refractivity contribution in [2.75, 3.05) is 5.32 Å². The molecule has 1 aromatic carbocycles. The van der Waals surface area contributed by atoms with E-state index in [9.17, 15) is 13.2 Å². The Morgan fingerprint density at radius 1 is 1.27 bits per heavy atom. The molecule has 0 aliphatic rings. The molecule has 0 saturated heterocycles. The number of thiazole rings is 1. The van der Waals surface area contributed by atoms with Crippen molar-refractivity contribution < 1.29 is 17.7 Å². The smallest absolute Gasteiger partial charge is 0.246 e. The molecule has 3 rings (SSSR count). The van der Waals surface area contributed by atoms with Crippen LogP contribution in [0.1, 0.15) is 23.9 Å². The number of hydrogen-bond acceptors (Lipinski definition) is 7. The van der Waals surface area contributed by atoms with Gasteiger partial charge in [0.05, 0.1) is 16.3 Å². The predicted octanol–water partition coefficient (Wildman–Crippen LogP) is 2.52. The average molecular weight is 394 g/mol. The zero-order valence-electron chi connectivity index (χ0n) is 14.7. The van der Waals surface area contributed by atoms with E-state index in [0.29, 0.717) is 5.13 Å². The monoisotopic (exact) mass is 394 g/mol. The molecule has 1 atom stereocenters. The highest BCUT2D eigenvalue weighted by Gasteiger charge is 2.28. The van der Waals surface area contributed by atoms with Gasteiger partial charge in [-0.05, 0) is 45.4 Å². The molecule has 10 heteroatoms. The summed E-state index contributed by atoms with van der Waals surface area (Å²) >= 11 is 1.33. The van der Waals surface area contributed by atoms with Gasteiger partial charge in [0.1, 0.15) is 10.6 Å². The van der Waals surface area contributed by atoms with Gasteiger partial charge in [0.25, 0.3) is 0 Å². The van der Waals surface area contributed by atoms with Crippen molar-refractivity contribution in [3.8, 4) is 0 Å². The minimum Gasteiger partial charge on any atom is -0.360 e. The van der Waals surface area contributed by atoms with Crippen LogP contribution in [0.25, 0.3) is 10.2 Å². The normalized spacial score (nSPS) is 13.1. The highest BCUT2D eigenvalue weighted by Crippen LogP contribution is 2.27. The van der Waals surface area contributed by atoms with E-state index in [1.807, 2.05) is 25.1 Å². The first-order valence-electron chi connectivity index (χ1n) is 7.80. The second-order valence-electron chi connectivity index (χ2n) is 5.98. The van der Waals surface area contributed by atoms with E-state index in [1.165, 1.54) is 32.1 Å². The van der Waals surface area contributed by atoms with Crippen LogP contribution < -0.4 is 10.0 Å². The van der Waals surface area contributed by atoms with Crippen LogP contribution in [0, 0.1) is 20.8 Å². The number of amides is 1. The Labute approximate surface area is 154 Å². The summed E-state index contributed by atoms with van der Waals surface area (Å²) < 4.78 is 33.1. The van der Waals surface area contributed by atoms with Crippen molar-refractivity contribution >= 4 is 42.6 Å². The van der Waals surface area contributed by atoms with E-state index in [2.05, 4.69) is 20.2 Å². The first-order chi connectivity index (χ1) is 12.2. The molecule has 3 aromatic rings. The average Bonchev–Trinajstić information content (AvgIpc) is 3.08.